The molecule has 9 heavy (non-hydrogen) atoms. The van der Waals surface area contributed by atoms with Gasteiger partial charge in [-0.1, -0.05) is 12.2 Å². The van der Waals surface area contributed by atoms with Gasteiger partial charge in [0.2, 0.25) is 5.97 Å². The van der Waals surface area contributed by atoms with Crippen molar-refractivity contribution in [2.24, 2.45) is 4.99 Å². The summed E-state index contributed by atoms with van der Waals surface area (Å²) in [5.41, 5.74) is 1.50. The number of rotatable bonds is 0. The van der Waals surface area contributed by atoms with E-state index in [-0.39, 0.29) is 5.97 Å². The van der Waals surface area contributed by atoms with Crippen molar-refractivity contribution in [2.45, 2.75) is 0 Å². The van der Waals surface area contributed by atoms with E-state index < -0.39 is 0 Å². The lowest BCUT2D eigenvalue weighted by atomic mass is 10.2. The van der Waals surface area contributed by atoms with Gasteiger partial charge in [0.25, 0.3) is 0 Å². The summed E-state index contributed by atoms with van der Waals surface area (Å²) >= 11 is 0. The summed E-state index contributed by atoms with van der Waals surface area (Å²) in [5, 5.41) is 0. The van der Waals surface area contributed by atoms with E-state index in [9.17, 15) is 4.39 Å². The maximum Gasteiger partial charge on any atom is 0.220 e. The van der Waals surface area contributed by atoms with E-state index in [1.807, 2.05) is 12.2 Å². The summed E-state index contributed by atoms with van der Waals surface area (Å²) in [6.07, 6.45) is 6.91. The molecule has 0 aromatic heterocycles. The molecule has 0 unspecified atom stereocenters. The Morgan fingerprint density at radius 3 is 3.11 bits per heavy atom. The fourth-order valence-corrected chi connectivity index (χ4v) is 0.930. The summed E-state index contributed by atoms with van der Waals surface area (Å²) in [6, 6.07) is 0. The molecular weight excluding hydrogens is 117 g/mol. The number of hydrogen-bond acceptors (Lipinski definition) is 1. The molecule has 0 N–H and O–H groups in total. The molecule has 2 aliphatic rings. The Morgan fingerprint density at radius 1 is 1.44 bits per heavy atom. The molecular formula is C7H4FN. The fourth-order valence-electron chi connectivity index (χ4n) is 0.930. The molecule has 2 heteroatoms. The minimum atomic E-state index is -0.366. The van der Waals surface area contributed by atoms with E-state index in [2.05, 4.69) is 4.99 Å². The fraction of sp³-hybridized carbons (Fsp3) is 0. The SMILES string of the molecule is FC1=NC=C2C=CC=C21. The van der Waals surface area contributed by atoms with Gasteiger partial charge in [-0.2, -0.15) is 4.39 Å². The third kappa shape index (κ3) is 0.499. The predicted octanol–water partition coefficient (Wildman–Crippen LogP) is 1.75. The highest BCUT2D eigenvalue weighted by molar-refractivity contribution is 6.02. The van der Waals surface area contributed by atoms with E-state index in [1.54, 1.807) is 6.08 Å². The Kier molecular flexibility index (Phi) is 0.730. The van der Waals surface area contributed by atoms with Gasteiger partial charge in [-0.05, 0) is 6.08 Å². The van der Waals surface area contributed by atoms with Crippen LogP contribution in [0.2, 0.25) is 0 Å². The molecule has 0 radical (unpaired) electrons. The van der Waals surface area contributed by atoms with Crippen molar-refractivity contribution in [3.8, 4) is 0 Å². The predicted molar refractivity (Wildman–Crippen MR) is 33.8 cm³/mol. The van der Waals surface area contributed by atoms with Crippen LogP contribution in [0.25, 0.3) is 0 Å². The zero-order valence-electron chi connectivity index (χ0n) is 4.63. The summed E-state index contributed by atoms with van der Waals surface area (Å²) in [7, 11) is 0. The molecule has 1 heterocycles. The number of allylic oxidation sites excluding steroid dienone is 5. The highest BCUT2D eigenvalue weighted by Gasteiger charge is 2.16. The lowest BCUT2D eigenvalue weighted by Crippen LogP contribution is -1.87. The minimum absolute atomic E-state index is 0.366. The van der Waals surface area contributed by atoms with Crippen LogP contribution < -0.4 is 0 Å². The zero-order valence-corrected chi connectivity index (χ0v) is 4.63. The highest BCUT2D eigenvalue weighted by Crippen LogP contribution is 2.25. The van der Waals surface area contributed by atoms with Gasteiger partial charge in [-0.25, -0.2) is 4.99 Å². The molecule has 1 aliphatic carbocycles. The average molecular weight is 121 g/mol. The quantitative estimate of drug-likeness (QED) is 0.463. The highest BCUT2D eigenvalue weighted by atomic mass is 19.1. The van der Waals surface area contributed by atoms with Gasteiger partial charge in [0.1, 0.15) is 0 Å². The van der Waals surface area contributed by atoms with E-state index in [1.165, 1.54) is 6.20 Å². The largest absolute Gasteiger partial charge is 0.227 e. The molecule has 0 amide bonds. The van der Waals surface area contributed by atoms with Crippen molar-refractivity contribution in [2.75, 3.05) is 0 Å². The molecule has 0 aromatic rings. The third-order valence-corrected chi connectivity index (χ3v) is 1.39. The van der Waals surface area contributed by atoms with Gasteiger partial charge in [-0.15, -0.1) is 0 Å². The normalized spacial score (nSPS) is 21.2. The van der Waals surface area contributed by atoms with Crippen LogP contribution in [0.5, 0.6) is 0 Å². The van der Waals surface area contributed by atoms with E-state index in [0.717, 1.165) is 5.57 Å². The average Bonchev–Trinajstić information content (AvgIpc) is 2.35. The van der Waals surface area contributed by atoms with E-state index in [0.29, 0.717) is 5.57 Å². The number of nitrogens with zero attached hydrogens (tertiary/aromatic N) is 1. The molecule has 0 bridgehead atoms. The Hall–Kier alpha value is -1.18. The minimum Gasteiger partial charge on any atom is -0.227 e. The molecule has 1 aliphatic heterocycles. The van der Waals surface area contributed by atoms with Crippen LogP contribution in [0.1, 0.15) is 0 Å². The lowest BCUT2D eigenvalue weighted by Gasteiger charge is -1.87. The topological polar surface area (TPSA) is 12.4 Å². The second-order valence-corrected chi connectivity index (χ2v) is 1.94. The van der Waals surface area contributed by atoms with Crippen LogP contribution in [-0.4, -0.2) is 5.97 Å². The summed E-state index contributed by atoms with van der Waals surface area (Å²) in [6.45, 7) is 0. The monoisotopic (exact) mass is 121 g/mol. The molecule has 0 aromatic carbocycles. The molecule has 0 atom stereocenters. The second-order valence-electron chi connectivity index (χ2n) is 1.94. The zero-order chi connectivity index (χ0) is 6.27. The van der Waals surface area contributed by atoms with Crippen LogP contribution in [0.15, 0.2) is 40.6 Å². The molecule has 0 saturated heterocycles. The summed E-state index contributed by atoms with van der Waals surface area (Å²) in [4.78, 5) is 3.49. The first-order chi connectivity index (χ1) is 4.38. The Labute approximate surface area is 51.9 Å². The van der Waals surface area contributed by atoms with Crippen LogP contribution in [0.4, 0.5) is 4.39 Å². The second kappa shape index (κ2) is 1.41. The molecule has 44 valence electrons. The van der Waals surface area contributed by atoms with E-state index >= 15 is 0 Å². The molecule has 1 nitrogen and oxygen atoms in total. The Bertz CT molecular complexity index is 269. The van der Waals surface area contributed by atoms with Gasteiger partial charge in [0.15, 0.2) is 0 Å². The molecule has 0 fully saturated rings. The van der Waals surface area contributed by atoms with Crippen molar-refractivity contribution in [3.63, 3.8) is 0 Å². The van der Waals surface area contributed by atoms with Crippen molar-refractivity contribution in [1.82, 2.24) is 0 Å². The first-order valence-electron chi connectivity index (χ1n) is 2.70. The van der Waals surface area contributed by atoms with Gasteiger partial charge < -0.3 is 0 Å². The van der Waals surface area contributed by atoms with Crippen LogP contribution in [0.3, 0.4) is 0 Å². The number of hydrogen-bond donors (Lipinski definition) is 0. The van der Waals surface area contributed by atoms with Gasteiger partial charge >= 0.3 is 0 Å². The first-order valence-corrected chi connectivity index (χ1v) is 2.70. The van der Waals surface area contributed by atoms with Crippen LogP contribution in [-0.2, 0) is 0 Å². The van der Waals surface area contributed by atoms with Gasteiger partial charge in [-0.3, -0.25) is 0 Å². The van der Waals surface area contributed by atoms with Crippen molar-refractivity contribution in [1.29, 1.82) is 0 Å². The Morgan fingerprint density at radius 2 is 2.33 bits per heavy atom. The maximum absolute atomic E-state index is 12.5. The van der Waals surface area contributed by atoms with Crippen molar-refractivity contribution >= 4 is 5.97 Å². The van der Waals surface area contributed by atoms with Crippen molar-refractivity contribution in [3.05, 3.63) is 35.6 Å². The maximum atomic E-state index is 12.5. The van der Waals surface area contributed by atoms with Crippen LogP contribution >= 0.6 is 0 Å². The lowest BCUT2D eigenvalue weighted by molar-refractivity contribution is 0.811. The summed E-state index contributed by atoms with van der Waals surface area (Å²) in [5.74, 6) is -0.366. The van der Waals surface area contributed by atoms with Crippen LogP contribution in [0, 0.1) is 0 Å². The number of fused-ring (bicyclic) bond motifs is 1. The summed E-state index contributed by atoms with van der Waals surface area (Å²) < 4.78 is 12.5. The molecule has 2 rings (SSSR count). The smallest absolute Gasteiger partial charge is 0.220 e. The molecule has 0 spiro atoms. The number of halogens is 1. The van der Waals surface area contributed by atoms with Crippen molar-refractivity contribution < 1.29 is 4.39 Å². The standard InChI is InChI=1S/C7H4FN/c8-7-6-3-1-2-5(6)4-9-7/h1-4H. The van der Waals surface area contributed by atoms with E-state index in [4.69, 9.17) is 0 Å². The number of aliphatic imine (C=N–C) groups is 1. The first kappa shape index (κ1) is 4.68. The van der Waals surface area contributed by atoms with Gasteiger partial charge in [0.05, 0.1) is 0 Å². The third-order valence-electron chi connectivity index (χ3n) is 1.39. The Balaban J connectivity index is 2.53. The molecule has 0 saturated carbocycles. The van der Waals surface area contributed by atoms with Gasteiger partial charge in [0, 0.05) is 17.3 Å².